The van der Waals surface area contributed by atoms with Gasteiger partial charge < -0.3 is 9.84 Å². The van der Waals surface area contributed by atoms with Crippen molar-refractivity contribution in [1.82, 2.24) is 9.78 Å². The Hall–Kier alpha value is -2.92. The molecular formula is C27H32N2O3. The lowest BCUT2D eigenvalue weighted by Gasteiger charge is -2.28. The molecule has 1 aromatic heterocycles. The van der Waals surface area contributed by atoms with Gasteiger partial charge in [-0.2, -0.15) is 5.10 Å². The fourth-order valence-electron chi connectivity index (χ4n) is 4.73. The van der Waals surface area contributed by atoms with Crippen LogP contribution in [-0.2, 0) is 16.1 Å². The first-order chi connectivity index (χ1) is 15.5. The predicted molar refractivity (Wildman–Crippen MR) is 126 cm³/mol. The van der Waals surface area contributed by atoms with Crippen LogP contribution in [0, 0.1) is 25.7 Å². The van der Waals surface area contributed by atoms with Gasteiger partial charge in [-0.3, -0.25) is 4.68 Å². The molecule has 32 heavy (non-hydrogen) atoms. The number of hydrogen-bond acceptors (Lipinski definition) is 3. The lowest BCUT2D eigenvalue weighted by molar-refractivity contribution is -0.142. The number of carboxylic acid groups (broad SMARTS) is 1. The second-order valence-electron chi connectivity index (χ2n) is 9.02. The molecule has 0 radical (unpaired) electrons. The van der Waals surface area contributed by atoms with E-state index in [9.17, 15) is 4.79 Å². The molecule has 1 N–H and O–H groups in total. The van der Waals surface area contributed by atoms with E-state index < -0.39 is 5.97 Å². The molecule has 0 atom stereocenters. The zero-order valence-electron chi connectivity index (χ0n) is 19.0. The summed E-state index contributed by atoms with van der Waals surface area (Å²) in [5, 5.41) is 13.8. The minimum Gasteiger partial charge on any atom is -0.480 e. The summed E-state index contributed by atoms with van der Waals surface area (Å²) in [4.78, 5) is 10.6. The predicted octanol–water partition coefficient (Wildman–Crippen LogP) is 5.74. The van der Waals surface area contributed by atoms with Crippen molar-refractivity contribution < 1.29 is 14.6 Å². The lowest BCUT2D eigenvalue weighted by atomic mass is 9.82. The van der Waals surface area contributed by atoms with Crippen LogP contribution in [0.4, 0.5) is 0 Å². The van der Waals surface area contributed by atoms with Crippen molar-refractivity contribution in [3.8, 4) is 22.4 Å². The number of aliphatic carboxylic acids is 1. The number of carboxylic acids is 1. The highest BCUT2D eigenvalue weighted by Gasteiger charge is 2.24. The molecule has 1 saturated carbocycles. The van der Waals surface area contributed by atoms with Crippen molar-refractivity contribution in [3.05, 3.63) is 65.9 Å². The van der Waals surface area contributed by atoms with Gasteiger partial charge in [0.1, 0.15) is 12.3 Å². The molecule has 1 aliphatic carbocycles. The quantitative estimate of drug-likeness (QED) is 0.493. The van der Waals surface area contributed by atoms with Crippen LogP contribution in [0.15, 0.2) is 54.6 Å². The van der Waals surface area contributed by atoms with Crippen LogP contribution < -0.4 is 0 Å². The molecule has 1 heterocycles. The number of aryl methyl sites for hydroxylation is 1. The van der Waals surface area contributed by atoms with E-state index in [1.165, 1.54) is 22.4 Å². The molecule has 0 saturated heterocycles. The van der Waals surface area contributed by atoms with Crippen LogP contribution >= 0.6 is 0 Å². The van der Waals surface area contributed by atoms with E-state index in [1.807, 2.05) is 6.07 Å². The first-order valence-electron chi connectivity index (χ1n) is 11.5. The van der Waals surface area contributed by atoms with Gasteiger partial charge in [-0.05, 0) is 56.9 Å². The van der Waals surface area contributed by atoms with Gasteiger partial charge in [0, 0.05) is 23.4 Å². The number of aromatic nitrogens is 2. The summed E-state index contributed by atoms with van der Waals surface area (Å²) in [7, 11) is 0. The largest absolute Gasteiger partial charge is 0.480 e. The van der Waals surface area contributed by atoms with E-state index in [0.29, 0.717) is 18.4 Å². The van der Waals surface area contributed by atoms with E-state index in [0.717, 1.165) is 43.5 Å². The minimum atomic E-state index is -0.897. The molecule has 0 amide bonds. The fraction of sp³-hybridized carbons (Fsp3) is 0.407. The van der Waals surface area contributed by atoms with Crippen molar-refractivity contribution in [1.29, 1.82) is 0 Å². The van der Waals surface area contributed by atoms with E-state index in [-0.39, 0.29) is 6.61 Å². The summed E-state index contributed by atoms with van der Waals surface area (Å²) in [5.74, 6) is 0.151. The first kappa shape index (κ1) is 22.3. The Morgan fingerprint density at radius 2 is 1.62 bits per heavy atom. The summed E-state index contributed by atoms with van der Waals surface area (Å²) in [5.41, 5.74) is 7.07. The molecule has 3 aromatic rings. The van der Waals surface area contributed by atoms with Crippen molar-refractivity contribution in [2.75, 3.05) is 13.2 Å². The molecule has 0 spiro atoms. The lowest BCUT2D eigenvalue weighted by Crippen LogP contribution is -2.23. The second-order valence-corrected chi connectivity index (χ2v) is 9.02. The Labute approximate surface area is 190 Å². The van der Waals surface area contributed by atoms with Gasteiger partial charge in [-0.25, -0.2) is 4.79 Å². The molecule has 0 bridgehead atoms. The van der Waals surface area contributed by atoms with Gasteiger partial charge in [0.05, 0.1) is 6.61 Å². The molecule has 5 heteroatoms. The maximum absolute atomic E-state index is 10.6. The maximum atomic E-state index is 10.6. The van der Waals surface area contributed by atoms with E-state index >= 15 is 0 Å². The number of benzene rings is 2. The van der Waals surface area contributed by atoms with Crippen LogP contribution in [0.2, 0.25) is 0 Å². The second kappa shape index (κ2) is 10.1. The standard InChI is InChI=1S/C27H32N2O3/c1-19-8-14-23(15-9-19)26-20(2)29(28-27(26)24-6-4-3-5-7-24)16-21-10-12-22(13-11-21)17-32-18-25(30)31/h3-9,14-15,21-22H,10-13,16-18H2,1-2H3,(H,30,31). The van der Waals surface area contributed by atoms with Crippen LogP contribution in [0.5, 0.6) is 0 Å². The molecule has 0 aliphatic heterocycles. The third-order valence-corrected chi connectivity index (χ3v) is 6.57. The normalized spacial score (nSPS) is 18.6. The third-order valence-electron chi connectivity index (χ3n) is 6.57. The highest BCUT2D eigenvalue weighted by atomic mass is 16.5. The van der Waals surface area contributed by atoms with Crippen LogP contribution in [-0.4, -0.2) is 34.1 Å². The Morgan fingerprint density at radius 3 is 2.28 bits per heavy atom. The molecule has 0 unspecified atom stereocenters. The number of nitrogens with zero attached hydrogens (tertiary/aromatic N) is 2. The number of rotatable bonds is 8. The smallest absolute Gasteiger partial charge is 0.329 e. The van der Waals surface area contributed by atoms with E-state index in [4.69, 9.17) is 14.9 Å². The maximum Gasteiger partial charge on any atom is 0.329 e. The van der Waals surface area contributed by atoms with Crippen LogP contribution in [0.25, 0.3) is 22.4 Å². The summed E-state index contributed by atoms with van der Waals surface area (Å²) in [6, 6.07) is 19.1. The Morgan fingerprint density at radius 1 is 0.969 bits per heavy atom. The highest BCUT2D eigenvalue weighted by Crippen LogP contribution is 2.36. The van der Waals surface area contributed by atoms with E-state index in [2.05, 4.69) is 67.1 Å². The van der Waals surface area contributed by atoms with E-state index in [1.54, 1.807) is 0 Å². The van der Waals surface area contributed by atoms with Gasteiger partial charge in [-0.15, -0.1) is 0 Å². The van der Waals surface area contributed by atoms with Crippen molar-refractivity contribution in [2.45, 2.75) is 46.1 Å². The molecule has 2 aromatic carbocycles. The Bertz CT molecular complexity index is 1030. The molecule has 4 rings (SSSR count). The topological polar surface area (TPSA) is 64.4 Å². The van der Waals surface area contributed by atoms with Gasteiger partial charge in [0.15, 0.2) is 0 Å². The summed E-state index contributed by atoms with van der Waals surface area (Å²) in [6.45, 7) is 5.56. The number of ether oxygens (including phenoxy) is 1. The molecule has 1 aliphatic rings. The average molecular weight is 433 g/mol. The monoisotopic (exact) mass is 432 g/mol. The number of hydrogen-bond donors (Lipinski definition) is 1. The Kier molecular flexibility index (Phi) is 7.05. The highest BCUT2D eigenvalue weighted by molar-refractivity contribution is 5.82. The van der Waals surface area contributed by atoms with Gasteiger partial charge in [0.2, 0.25) is 0 Å². The van der Waals surface area contributed by atoms with Gasteiger partial charge in [-0.1, -0.05) is 60.2 Å². The van der Waals surface area contributed by atoms with Crippen LogP contribution in [0.3, 0.4) is 0 Å². The van der Waals surface area contributed by atoms with Gasteiger partial charge >= 0.3 is 5.97 Å². The Balaban J connectivity index is 1.51. The fourth-order valence-corrected chi connectivity index (χ4v) is 4.73. The molecule has 5 nitrogen and oxygen atoms in total. The summed E-state index contributed by atoms with van der Waals surface area (Å²) < 4.78 is 7.51. The van der Waals surface area contributed by atoms with Gasteiger partial charge in [0.25, 0.3) is 0 Å². The number of carbonyl (C=O) groups is 1. The molecule has 168 valence electrons. The van der Waals surface area contributed by atoms with Crippen molar-refractivity contribution in [2.24, 2.45) is 11.8 Å². The van der Waals surface area contributed by atoms with Crippen LogP contribution in [0.1, 0.15) is 36.9 Å². The third kappa shape index (κ3) is 5.28. The average Bonchev–Trinajstić information content (AvgIpc) is 3.12. The summed E-state index contributed by atoms with van der Waals surface area (Å²) >= 11 is 0. The zero-order valence-corrected chi connectivity index (χ0v) is 19.0. The molecule has 1 fully saturated rings. The van der Waals surface area contributed by atoms with Crippen molar-refractivity contribution >= 4 is 5.97 Å². The SMILES string of the molecule is Cc1ccc(-c2c(-c3ccccc3)nn(CC3CCC(COCC(=O)O)CC3)c2C)cc1. The zero-order chi connectivity index (χ0) is 22.5. The molecular weight excluding hydrogens is 400 g/mol. The first-order valence-corrected chi connectivity index (χ1v) is 11.5. The van der Waals surface area contributed by atoms with Crippen molar-refractivity contribution in [3.63, 3.8) is 0 Å². The minimum absolute atomic E-state index is 0.198. The summed E-state index contributed by atoms with van der Waals surface area (Å²) in [6.07, 6.45) is 4.42.